The fraction of sp³-hybridized carbons (Fsp3) is 0.818. The van der Waals surface area contributed by atoms with Gasteiger partial charge < -0.3 is 9.47 Å². The first-order valence-electron chi connectivity index (χ1n) is 20.8. The Bertz CT molecular complexity index is 792. The van der Waals surface area contributed by atoms with Gasteiger partial charge in [0.1, 0.15) is 0 Å². The first kappa shape index (κ1) is 44.2. The monoisotopic (exact) mass is 671 g/mol. The van der Waals surface area contributed by atoms with Crippen molar-refractivity contribution in [3.8, 4) is 0 Å². The Balaban J connectivity index is 2.33. The number of esters is 2. The number of hydrogen-bond acceptors (Lipinski definition) is 4. The van der Waals surface area contributed by atoms with Crippen LogP contribution in [0.4, 0.5) is 0 Å². The van der Waals surface area contributed by atoms with E-state index in [2.05, 4.69) is 13.8 Å². The van der Waals surface area contributed by atoms with Gasteiger partial charge in [-0.25, -0.2) is 0 Å². The third-order valence-corrected chi connectivity index (χ3v) is 10.4. The number of hydrogen-bond donors (Lipinski definition) is 0. The van der Waals surface area contributed by atoms with E-state index in [1.54, 1.807) is 0 Å². The van der Waals surface area contributed by atoms with E-state index in [4.69, 9.17) is 9.47 Å². The predicted octanol–water partition coefficient (Wildman–Crippen LogP) is 13.9. The molecule has 1 rings (SSSR count). The summed E-state index contributed by atoms with van der Waals surface area (Å²) in [6.45, 7) is 4.56. The van der Waals surface area contributed by atoms with Crippen LogP contribution in [0.5, 0.6) is 0 Å². The van der Waals surface area contributed by atoms with Crippen LogP contribution >= 0.6 is 0 Å². The lowest BCUT2D eigenvalue weighted by Crippen LogP contribution is -2.16. The number of unbranched alkanes of at least 4 members (excludes halogenated alkanes) is 26. The van der Waals surface area contributed by atoms with Crippen molar-refractivity contribution in [1.82, 2.24) is 0 Å². The third kappa shape index (κ3) is 22.7. The second-order valence-electron chi connectivity index (χ2n) is 14.6. The highest BCUT2D eigenvalue weighted by Crippen LogP contribution is 2.29. The van der Waals surface area contributed by atoms with E-state index in [0.29, 0.717) is 0 Å². The Morgan fingerprint density at radius 2 is 0.604 bits per heavy atom. The molecule has 0 amide bonds. The summed E-state index contributed by atoms with van der Waals surface area (Å²) < 4.78 is 10.4. The summed E-state index contributed by atoms with van der Waals surface area (Å²) in [5.74, 6) is -0.818. The largest absolute Gasteiger partial charge is 0.469 e. The van der Waals surface area contributed by atoms with Gasteiger partial charge in [-0.05, 0) is 24.0 Å². The zero-order valence-corrected chi connectivity index (χ0v) is 32.3. The molecule has 48 heavy (non-hydrogen) atoms. The molecule has 4 heteroatoms. The zero-order valence-electron chi connectivity index (χ0n) is 32.3. The van der Waals surface area contributed by atoms with Crippen LogP contribution in [0.25, 0.3) is 0 Å². The van der Waals surface area contributed by atoms with Crippen molar-refractivity contribution in [1.29, 1.82) is 0 Å². The van der Waals surface area contributed by atoms with Crippen LogP contribution in [0, 0.1) is 0 Å². The minimum Gasteiger partial charge on any atom is -0.469 e. The van der Waals surface area contributed by atoms with Crippen LogP contribution in [-0.2, 0) is 19.1 Å². The Kier molecular flexibility index (Phi) is 29.8. The van der Waals surface area contributed by atoms with Gasteiger partial charge in [0.2, 0.25) is 0 Å². The molecule has 0 aliphatic carbocycles. The molecule has 4 nitrogen and oxygen atoms in total. The normalized spacial score (nSPS) is 12.6. The molecular formula is C44H78O4. The number of benzene rings is 1. The van der Waals surface area contributed by atoms with Gasteiger partial charge in [0.15, 0.2) is 0 Å². The van der Waals surface area contributed by atoms with Gasteiger partial charge in [0.25, 0.3) is 0 Å². The molecule has 1 aromatic carbocycles. The molecule has 0 radical (unpaired) electrons. The summed E-state index contributed by atoms with van der Waals surface area (Å²) in [7, 11) is 2.97. The fourth-order valence-corrected chi connectivity index (χ4v) is 7.17. The summed E-state index contributed by atoms with van der Waals surface area (Å²) in [6.07, 6.45) is 38.7. The summed E-state index contributed by atoms with van der Waals surface area (Å²) in [6, 6.07) is 8.12. The molecule has 0 aliphatic rings. The quantitative estimate of drug-likeness (QED) is 0.0541. The maximum Gasteiger partial charge on any atom is 0.313 e. The lowest BCUT2D eigenvalue weighted by Gasteiger charge is -2.18. The number of methoxy groups -OCH3 is 2. The van der Waals surface area contributed by atoms with Gasteiger partial charge in [-0.3, -0.25) is 9.59 Å². The Hall–Kier alpha value is -1.84. The Morgan fingerprint density at radius 3 is 0.812 bits per heavy atom. The topological polar surface area (TPSA) is 52.6 Å². The lowest BCUT2D eigenvalue weighted by molar-refractivity contribution is -0.143. The molecule has 0 spiro atoms. The Labute approximate surface area is 298 Å². The molecule has 0 fully saturated rings. The third-order valence-electron chi connectivity index (χ3n) is 10.4. The smallest absolute Gasteiger partial charge is 0.313 e. The molecule has 2 unspecified atom stereocenters. The summed E-state index contributed by atoms with van der Waals surface area (Å²) >= 11 is 0. The standard InChI is InChI=1S/C44H78O4/c1-5-7-9-11-13-15-17-19-21-23-25-27-29-31-33-41(43(45)47-3)39-35-37-40(38-36-39)42(44(46)48-4)34-32-30-28-26-24-22-20-18-16-14-12-10-8-6-2/h35-38,41-42H,5-34H2,1-4H3. The molecule has 0 aromatic heterocycles. The van der Waals surface area contributed by atoms with E-state index >= 15 is 0 Å². The van der Waals surface area contributed by atoms with E-state index in [1.165, 1.54) is 168 Å². The first-order valence-corrected chi connectivity index (χ1v) is 20.8. The highest BCUT2D eigenvalue weighted by molar-refractivity contribution is 5.79. The van der Waals surface area contributed by atoms with Crippen LogP contribution in [0.15, 0.2) is 24.3 Å². The maximum atomic E-state index is 12.7. The fourth-order valence-electron chi connectivity index (χ4n) is 7.17. The molecule has 0 N–H and O–H groups in total. The minimum atomic E-state index is -0.247. The Morgan fingerprint density at radius 1 is 0.396 bits per heavy atom. The zero-order chi connectivity index (χ0) is 34.9. The molecule has 0 saturated heterocycles. The van der Waals surface area contributed by atoms with Gasteiger partial charge in [-0.2, -0.15) is 0 Å². The average Bonchev–Trinajstić information content (AvgIpc) is 3.11. The first-order chi connectivity index (χ1) is 23.6. The lowest BCUT2D eigenvalue weighted by atomic mass is 9.88. The second kappa shape index (κ2) is 32.4. The predicted molar refractivity (Wildman–Crippen MR) is 206 cm³/mol. The molecule has 2 atom stereocenters. The average molecular weight is 671 g/mol. The van der Waals surface area contributed by atoms with Crippen LogP contribution in [0.2, 0.25) is 0 Å². The molecular weight excluding hydrogens is 592 g/mol. The van der Waals surface area contributed by atoms with Crippen molar-refractivity contribution >= 4 is 11.9 Å². The highest BCUT2D eigenvalue weighted by Gasteiger charge is 2.24. The molecule has 0 saturated carbocycles. The van der Waals surface area contributed by atoms with Crippen LogP contribution in [0.3, 0.4) is 0 Å². The summed E-state index contributed by atoms with van der Waals surface area (Å²) in [5, 5.41) is 0. The van der Waals surface area contributed by atoms with Gasteiger partial charge in [-0.1, -0.05) is 218 Å². The highest BCUT2D eigenvalue weighted by atomic mass is 16.5. The van der Waals surface area contributed by atoms with E-state index in [9.17, 15) is 9.59 Å². The maximum absolute atomic E-state index is 12.7. The van der Waals surface area contributed by atoms with Crippen LogP contribution in [-0.4, -0.2) is 26.2 Å². The molecule has 0 bridgehead atoms. The van der Waals surface area contributed by atoms with Crippen molar-refractivity contribution in [2.75, 3.05) is 14.2 Å². The van der Waals surface area contributed by atoms with Crippen molar-refractivity contribution in [3.05, 3.63) is 35.4 Å². The van der Waals surface area contributed by atoms with Crippen LogP contribution < -0.4 is 0 Å². The van der Waals surface area contributed by atoms with Gasteiger partial charge in [-0.15, -0.1) is 0 Å². The SMILES string of the molecule is CCCCCCCCCCCCCCCCC(C(=O)OC)c1ccc(C(CCCCCCCCCCCCCCCC)C(=O)OC)cc1. The van der Waals surface area contributed by atoms with Crippen molar-refractivity contribution in [3.63, 3.8) is 0 Å². The van der Waals surface area contributed by atoms with E-state index in [1.807, 2.05) is 24.3 Å². The summed E-state index contributed by atoms with van der Waals surface area (Å²) in [4.78, 5) is 25.4. The number of carbonyl (C=O) groups is 2. The molecule has 0 heterocycles. The minimum absolute atomic E-state index is 0.163. The van der Waals surface area contributed by atoms with Crippen molar-refractivity contribution in [2.45, 2.75) is 218 Å². The van der Waals surface area contributed by atoms with Gasteiger partial charge >= 0.3 is 11.9 Å². The van der Waals surface area contributed by atoms with E-state index in [-0.39, 0.29) is 23.8 Å². The van der Waals surface area contributed by atoms with E-state index in [0.717, 1.165) is 49.7 Å². The van der Waals surface area contributed by atoms with E-state index < -0.39 is 0 Å². The number of carbonyl (C=O) groups excluding carboxylic acids is 2. The second-order valence-corrected chi connectivity index (χ2v) is 14.6. The molecule has 0 aliphatic heterocycles. The molecule has 1 aromatic rings. The van der Waals surface area contributed by atoms with Gasteiger partial charge in [0.05, 0.1) is 26.1 Å². The van der Waals surface area contributed by atoms with Crippen molar-refractivity contribution < 1.29 is 19.1 Å². The number of ether oxygens (including phenoxy) is 2. The van der Waals surface area contributed by atoms with Crippen LogP contribution in [0.1, 0.15) is 229 Å². The summed E-state index contributed by atoms with van der Waals surface area (Å²) in [5.41, 5.74) is 1.97. The van der Waals surface area contributed by atoms with Gasteiger partial charge in [0, 0.05) is 0 Å². The van der Waals surface area contributed by atoms with Crippen molar-refractivity contribution in [2.24, 2.45) is 0 Å². The molecule has 278 valence electrons. The number of rotatable bonds is 34.